The Morgan fingerprint density at radius 2 is 2.08 bits per heavy atom. The Morgan fingerprint density at radius 1 is 1.28 bits per heavy atom. The fourth-order valence-electron chi connectivity index (χ4n) is 4.48. The Bertz CT molecular complexity index is 1340. The van der Waals surface area contributed by atoms with Gasteiger partial charge in [0.05, 0.1) is 42.9 Å². The lowest BCUT2D eigenvalue weighted by Crippen LogP contribution is -2.45. The van der Waals surface area contributed by atoms with Crippen molar-refractivity contribution in [2.24, 2.45) is 0 Å². The van der Waals surface area contributed by atoms with Crippen molar-refractivity contribution in [3.8, 4) is 11.1 Å². The summed E-state index contributed by atoms with van der Waals surface area (Å²) in [5, 5.41) is 11.0. The summed E-state index contributed by atoms with van der Waals surface area (Å²) in [6, 6.07) is 8.11. The van der Waals surface area contributed by atoms with E-state index >= 15 is 0 Å². The van der Waals surface area contributed by atoms with Gasteiger partial charge in [-0.3, -0.25) is 14.6 Å². The Kier molecular flexibility index (Phi) is 8.44. The molecule has 1 atom stereocenters. The molecule has 206 valence electrons. The number of pyridine rings is 1. The highest BCUT2D eigenvalue weighted by Gasteiger charge is 2.26. The fourth-order valence-corrected chi connectivity index (χ4v) is 4.48. The number of likely N-dealkylation sites (N-methyl/N-ethyl adjacent to an activating group) is 1. The summed E-state index contributed by atoms with van der Waals surface area (Å²) >= 11 is 0. The van der Waals surface area contributed by atoms with Crippen molar-refractivity contribution in [2.45, 2.75) is 45.8 Å². The van der Waals surface area contributed by atoms with E-state index in [1.165, 1.54) is 6.08 Å². The molecule has 1 fully saturated rings. The van der Waals surface area contributed by atoms with Crippen LogP contribution in [0, 0.1) is 6.92 Å². The van der Waals surface area contributed by atoms with E-state index in [4.69, 9.17) is 4.74 Å². The summed E-state index contributed by atoms with van der Waals surface area (Å²) in [5.74, 6) is -0.391. The van der Waals surface area contributed by atoms with E-state index in [0.29, 0.717) is 38.5 Å². The van der Waals surface area contributed by atoms with Gasteiger partial charge in [0.1, 0.15) is 0 Å². The average molecular weight is 532 g/mol. The highest BCUT2D eigenvalue weighted by molar-refractivity contribution is 5.91. The number of carbonyl (C=O) groups is 2. The Hall–Kier alpha value is -4.05. The van der Waals surface area contributed by atoms with Crippen LogP contribution >= 0.6 is 0 Å². The van der Waals surface area contributed by atoms with Crippen LogP contribution in [-0.4, -0.2) is 76.1 Å². The van der Waals surface area contributed by atoms with Crippen molar-refractivity contribution in [3.05, 3.63) is 72.3 Å². The first-order chi connectivity index (χ1) is 18.6. The van der Waals surface area contributed by atoms with Gasteiger partial charge >= 0.3 is 0 Å². The highest BCUT2D eigenvalue weighted by atomic mass is 16.5. The van der Waals surface area contributed by atoms with Gasteiger partial charge in [0.25, 0.3) is 5.91 Å². The third kappa shape index (κ3) is 6.51. The predicted molar refractivity (Wildman–Crippen MR) is 150 cm³/mol. The summed E-state index contributed by atoms with van der Waals surface area (Å²) in [7, 11) is 1.78. The van der Waals surface area contributed by atoms with Crippen LogP contribution in [0.25, 0.3) is 11.1 Å². The van der Waals surface area contributed by atoms with Gasteiger partial charge in [0.15, 0.2) is 5.69 Å². The van der Waals surface area contributed by atoms with Crippen LogP contribution in [0.2, 0.25) is 0 Å². The van der Waals surface area contributed by atoms with Gasteiger partial charge in [-0.2, -0.15) is 0 Å². The number of benzene rings is 1. The number of amides is 2. The molecule has 1 unspecified atom stereocenters. The molecule has 2 aromatic heterocycles. The third-order valence-electron chi connectivity index (χ3n) is 6.96. The van der Waals surface area contributed by atoms with E-state index in [1.807, 2.05) is 46.0 Å². The van der Waals surface area contributed by atoms with E-state index in [2.05, 4.69) is 44.2 Å². The topological polar surface area (TPSA) is 105 Å². The largest absolute Gasteiger partial charge is 0.377 e. The van der Waals surface area contributed by atoms with Gasteiger partial charge in [-0.25, -0.2) is 4.68 Å². The van der Waals surface area contributed by atoms with Crippen LogP contribution in [0.1, 0.15) is 42.4 Å². The van der Waals surface area contributed by atoms with Crippen molar-refractivity contribution in [3.63, 3.8) is 0 Å². The van der Waals surface area contributed by atoms with Crippen molar-refractivity contribution in [2.75, 3.05) is 38.3 Å². The number of nitrogens with one attached hydrogen (secondary N) is 1. The lowest BCUT2D eigenvalue weighted by atomic mass is 9.99. The zero-order valence-electron chi connectivity index (χ0n) is 23.3. The first-order valence-electron chi connectivity index (χ1n) is 13.1. The number of nitrogens with zero attached hydrogens (tertiary/aromatic N) is 6. The summed E-state index contributed by atoms with van der Waals surface area (Å²) < 4.78 is 7.50. The molecule has 0 aliphatic carbocycles. The van der Waals surface area contributed by atoms with Gasteiger partial charge in [0.2, 0.25) is 5.91 Å². The molecule has 0 bridgehead atoms. The quantitative estimate of drug-likeness (QED) is 0.467. The maximum absolute atomic E-state index is 12.7. The molecule has 1 saturated heterocycles. The molecule has 0 saturated carbocycles. The van der Waals surface area contributed by atoms with Gasteiger partial charge < -0.3 is 19.9 Å². The van der Waals surface area contributed by atoms with E-state index < -0.39 is 0 Å². The van der Waals surface area contributed by atoms with E-state index in [0.717, 1.165) is 27.9 Å². The SMILES string of the molecule is C=CC(=O)N(C)C1COCCN(c2cnccc2-c2ccc(CNC(=O)c3cn(C(C)(C)C)nn3)c(C)c2)C1. The van der Waals surface area contributed by atoms with Gasteiger partial charge in [-0.05, 0) is 56.5 Å². The zero-order chi connectivity index (χ0) is 28.2. The molecule has 10 heteroatoms. The van der Waals surface area contributed by atoms with Crippen molar-refractivity contribution >= 4 is 17.5 Å². The average Bonchev–Trinajstić information content (AvgIpc) is 3.31. The Labute approximate surface area is 229 Å². The standard InChI is InChI=1S/C29H37N7O3/c1-7-27(37)34(6)23-17-35(12-13-39-19-23)26-16-30-11-10-24(26)21-8-9-22(20(2)14-21)15-31-28(38)25-18-36(33-32-25)29(3,4)5/h7-11,14,16,18,23H,1,12-13,15,17,19H2,2-6H3,(H,31,38). The molecule has 39 heavy (non-hydrogen) atoms. The van der Waals surface area contributed by atoms with Crippen LogP contribution in [0.3, 0.4) is 0 Å². The van der Waals surface area contributed by atoms with E-state index in [-0.39, 0.29) is 23.4 Å². The van der Waals surface area contributed by atoms with Crippen LogP contribution in [0.15, 0.2) is 55.5 Å². The molecular weight excluding hydrogens is 494 g/mol. The summed E-state index contributed by atoms with van der Waals surface area (Å²) in [4.78, 5) is 33.2. The van der Waals surface area contributed by atoms with Gasteiger partial charge in [-0.15, -0.1) is 5.10 Å². The number of ether oxygens (including phenoxy) is 1. The maximum atomic E-state index is 12.7. The highest BCUT2D eigenvalue weighted by Crippen LogP contribution is 2.32. The second kappa shape index (κ2) is 11.8. The second-order valence-corrected chi connectivity index (χ2v) is 10.8. The molecule has 0 spiro atoms. The number of rotatable bonds is 7. The van der Waals surface area contributed by atoms with Gasteiger partial charge in [0, 0.05) is 38.4 Å². The Morgan fingerprint density at radius 3 is 2.77 bits per heavy atom. The molecule has 1 aliphatic heterocycles. The first-order valence-corrected chi connectivity index (χ1v) is 13.1. The molecule has 3 aromatic rings. The number of hydrogen-bond acceptors (Lipinski definition) is 7. The van der Waals surface area contributed by atoms with Crippen LogP contribution in [0.5, 0.6) is 0 Å². The smallest absolute Gasteiger partial charge is 0.273 e. The summed E-state index contributed by atoms with van der Waals surface area (Å²) in [5.41, 5.74) is 5.19. The second-order valence-electron chi connectivity index (χ2n) is 10.8. The van der Waals surface area contributed by atoms with E-state index in [1.54, 1.807) is 29.0 Å². The first kappa shape index (κ1) is 28.0. The molecule has 4 rings (SSSR count). The predicted octanol–water partition coefficient (Wildman–Crippen LogP) is 3.18. The molecule has 3 heterocycles. The lowest BCUT2D eigenvalue weighted by molar-refractivity contribution is -0.127. The van der Waals surface area contributed by atoms with Crippen molar-refractivity contribution < 1.29 is 14.3 Å². The van der Waals surface area contributed by atoms with Crippen molar-refractivity contribution in [1.29, 1.82) is 0 Å². The summed E-state index contributed by atoms with van der Waals surface area (Å²) in [6.07, 6.45) is 6.64. The molecule has 10 nitrogen and oxygen atoms in total. The van der Waals surface area contributed by atoms with Crippen molar-refractivity contribution in [1.82, 2.24) is 30.2 Å². The molecule has 1 N–H and O–H groups in total. The number of aromatic nitrogens is 4. The minimum absolute atomic E-state index is 0.108. The van der Waals surface area contributed by atoms with E-state index in [9.17, 15) is 9.59 Å². The van der Waals surface area contributed by atoms with Crippen LogP contribution in [0.4, 0.5) is 5.69 Å². The number of anilines is 1. The number of aryl methyl sites for hydroxylation is 1. The maximum Gasteiger partial charge on any atom is 0.273 e. The Balaban J connectivity index is 1.50. The minimum atomic E-state index is -0.261. The van der Waals surface area contributed by atoms with Gasteiger partial charge in [-0.1, -0.05) is 30.0 Å². The fraction of sp³-hybridized carbons (Fsp3) is 0.414. The lowest BCUT2D eigenvalue weighted by Gasteiger charge is -2.31. The monoisotopic (exact) mass is 531 g/mol. The molecular formula is C29H37N7O3. The zero-order valence-corrected chi connectivity index (χ0v) is 23.3. The molecule has 2 amide bonds. The van der Waals surface area contributed by atoms with Crippen LogP contribution < -0.4 is 10.2 Å². The molecule has 1 aliphatic rings. The minimum Gasteiger partial charge on any atom is -0.377 e. The number of hydrogen-bond donors (Lipinski definition) is 1. The van der Waals surface area contributed by atoms with Crippen LogP contribution in [-0.2, 0) is 21.6 Å². The third-order valence-corrected chi connectivity index (χ3v) is 6.96. The summed E-state index contributed by atoms with van der Waals surface area (Å²) in [6.45, 7) is 14.4. The number of carbonyl (C=O) groups excluding carboxylic acids is 2. The normalized spacial score (nSPS) is 15.9. The molecule has 0 radical (unpaired) electrons. The molecule has 1 aromatic carbocycles.